The van der Waals surface area contributed by atoms with Gasteiger partial charge in [-0.3, -0.25) is 4.90 Å². The molecule has 5 rings (SSSR count). The average molecular weight is 493 g/mol. The summed E-state index contributed by atoms with van der Waals surface area (Å²) in [6.07, 6.45) is 3.19. The largest absolute Gasteiger partial charge is 0.423 e. The number of nitrogens with zero attached hydrogens (tertiary/aromatic N) is 2. The van der Waals surface area contributed by atoms with Crippen molar-refractivity contribution in [1.29, 1.82) is 0 Å². The van der Waals surface area contributed by atoms with E-state index in [1.807, 2.05) is 6.07 Å². The molecule has 0 saturated carbocycles. The first-order valence-corrected chi connectivity index (χ1v) is 12.8. The van der Waals surface area contributed by atoms with E-state index in [9.17, 15) is 13.2 Å². The Kier molecular flexibility index (Phi) is 5.80. The van der Waals surface area contributed by atoms with Crippen molar-refractivity contribution in [2.75, 3.05) is 26.2 Å². The Hall–Kier alpha value is -1.90. The van der Waals surface area contributed by atoms with Crippen LogP contribution in [0.1, 0.15) is 23.1 Å². The van der Waals surface area contributed by atoms with Crippen LogP contribution in [0.5, 0.6) is 0 Å². The highest BCUT2D eigenvalue weighted by molar-refractivity contribution is 7.89. The molecule has 1 aliphatic carbocycles. The molecule has 6 nitrogen and oxygen atoms in total. The first kappa shape index (κ1) is 21.9. The quantitative estimate of drug-likeness (QED) is 0.512. The molecule has 0 radical (unpaired) electrons. The fourth-order valence-corrected chi connectivity index (χ4v) is 6.77. The number of hydrogen-bond donors (Lipinski definition) is 0. The molecule has 9 heteroatoms. The maximum Gasteiger partial charge on any atom is 0.336 e. The van der Waals surface area contributed by atoms with Crippen LogP contribution in [0, 0.1) is 0 Å². The van der Waals surface area contributed by atoms with Gasteiger partial charge >= 0.3 is 5.63 Å². The minimum atomic E-state index is -3.73. The van der Waals surface area contributed by atoms with Crippen LogP contribution in [0.4, 0.5) is 0 Å². The molecule has 0 bridgehead atoms. The first-order valence-electron chi connectivity index (χ1n) is 10.6. The molecular weight excluding hydrogens is 471 g/mol. The molecule has 3 aromatic rings. The lowest BCUT2D eigenvalue weighted by atomic mass is 10.0. The Labute approximate surface area is 196 Å². The normalized spacial score (nSPS) is 17.7. The van der Waals surface area contributed by atoms with Crippen LogP contribution in [0.15, 0.2) is 50.5 Å². The minimum Gasteiger partial charge on any atom is -0.423 e. The van der Waals surface area contributed by atoms with Crippen LogP contribution in [0.2, 0.25) is 10.0 Å². The van der Waals surface area contributed by atoms with Gasteiger partial charge in [0.15, 0.2) is 0 Å². The molecule has 1 aliphatic heterocycles. The number of fused-ring (bicyclic) bond motifs is 2. The third-order valence-corrected chi connectivity index (χ3v) is 8.89. The van der Waals surface area contributed by atoms with Crippen LogP contribution >= 0.6 is 23.2 Å². The lowest BCUT2D eigenvalue weighted by Crippen LogP contribution is -2.48. The van der Waals surface area contributed by atoms with E-state index in [1.54, 1.807) is 12.1 Å². The molecule has 0 N–H and O–H groups in total. The molecule has 32 heavy (non-hydrogen) atoms. The van der Waals surface area contributed by atoms with Crippen LogP contribution in [0.25, 0.3) is 11.0 Å². The predicted octanol–water partition coefficient (Wildman–Crippen LogP) is 4.10. The highest BCUT2D eigenvalue weighted by Crippen LogP contribution is 2.30. The number of rotatable bonds is 4. The average Bonchev–Trinajstić information content (AvgIpc) is 3.22. The van der Waals surface area contributed by atoms with Crippen LogP contribution < -0.4 is 5.63 Å². The summed E-state index contributed by atoms with van der Waals surface area (Å²) in [7, 11) is -3.73. The van der Waals surface area contributed by atoms with Gasteiger partial charge < -0.3 is 4.42 Å². The van der Waals surface area contributed by atoms with Gasteiger partial charge in [-0.15, -0.1) is 0 Å². The third-order valence-electron chi connectivity index (χ3n) is 6.28. The predicted molar refractivity (Wildman–Crippen MR) is 125 cm³/mol. The van der Waals surface area contributed by atoms with Gasteiger partial charge in [-0.05, 0) is 66.3 Å². The Morgan fingerprint density at radius 2 is 1.66 bits per heavy atom. The van der Waals surface area contributed by atoms with Crippen LogP contribution in [-0.4, -0.2) is 43.8 Å². The number of piperazine rings is 1. The Balaban J connectivity index is 1.35. The van der Waals surface area contributed by atoms with E-state index in [1.165, 1.54) is 27.6 Å². The minimum absolute atomic E-state index is 0.0284. The van der Waals surface area contributed by atoms with Crippen LogP contribution in [0.3, 0.4) is 0 Å². The fourth-order valence-electron chi connectivity index (χ4n) is 4.61. The molecule has 168 valence electrons. The summed E-state index contributed by atoms with van der Waals surface area (Å²) < 4.78 is 33.0. The van der Waals surface area contributed by atoms with Gasteiger partial charge in [0.25, 0.3) is 0 Å². The lowest BCUT2D eigenvalue weighted by Gasteiger charge is -2.34. The van der Waals surface area contributed by atoms with Gasteiger partial charge in [-0.25, -0.2) is 13.2 Å². The summed E-state index contributed by atoms with van der Waals surface area (Å²) in [6, 6.07) is 10.2. The second kappa shape index (κ2) is 8.47. The molecule has 0 unspecified atom stereocenters. The van der Waals surface area contributed by atoms with E-state index in [0.29, 0.717) is 43.3 Å². The molecule has 0 spiro atoms. The van der Waals surface area contributed by atoms with Gasteiger partial charge in [0, 0.05) is 49.2 Å². The molecule has 1 saturated heterocycles. The van der Waals surface area contributed by atoms with E-state index < -0.39 is 10.0 Å². The molecule has 2 heterocycles. The summed E-state index contributed by atoms with van der Waals surface area (Å²) in [4.78, 5) is 14.3. The van der Waals surface area contributed by atoms with E-state index in [0.717, 1.165) is 30.2 Å². The SMILES string of the molecule is O=c1cc(CN2CCN(S(=O)(=O)c3cc(Cl)ccc3Cl)CC2)c2cc3c(cc2o1)CCC3. The van der Waals surface area contributed by atoms with Gasteiger partial charge in [0.05, 0.1) is 5.02 Å². The maximum absolute atomic E-state index is 13.1. The van der Waals surface area contributed by atoms with Crippen molar-refractivity contribution in [3.8, 4) is 0 Å². The second-order valence-electron chi connectivity index (χ2n) is 8.32. The number of benzene rings is 2. The van der Waals surface area contributed by atoms with Crippen molar-refractivity contribution in [3.05, 3.63) is 73.6 Å². The number of aryl methyl sites for hydroxylation is 2. The maximum atomic E-state index is 13.1. The van der Waals surface area contributed by atoms with Crippen molar-refractivity contribution < 1.29 is 12.8 Å². The van der Waals surface area contributed by atoms with E-state index in [-0.39, 0.29) is 15.5 Å². The zero-order chi connectivity index (χ0) is 22.5. The Morgan fingerprint density at radius 3 is 2.41 bits per heavy atom. The third kappa shape index (κ3) is 4.08. The second-order valence-corrected chi connectivity index (χ2v) is 11.1. The topological polar surface area (TPSA) is 70.8 Å². The summed E-state index contributed by atoms with van der Waals surface area (Å²) >= 11 is 12.1. The molecule has 1 aromatic heterocycles. The lowest BCUT2D eigenvalue weighted by molar-refractivity contribution is 0.182. The number of sulfonamides is 1. The van der Waals surface area contributed by atoms with Gasteiger partial charge in [0.2, 0.25) is 10.0 Å². The summed E-state index contributed by atoms with van der Waals surface area (Å²) in [5.41, 5.74) is 3.77. The standard InChI is InChI=1S/C23H22Cl2N2O4S/c24-18-4-5-20(25)22(13-18)32(29,30)27-8-6-26(7-9-27)14-17-12-23(28)31-21-11-16-3-1-2-15(16)10-19(17)21/h4-5,10-13H,1-3,6-9,14H2. The molecule has 2 aliphatic rings. The molecule has 0 atom stereocenters. The summed E-state index contributed by atoms with van der Waals surface area (Å²) in [5, 5.41) is 1.45. The molecular formula is C23H22Cl2N2O4S. The van der Waals surface area contributed by atoms with Crippen LogP contribution in [-0.2, 0) is 29.4 Å². The highest BCUT2D eigenvalue weighted by atomic mass is 35.5. The first-order chi connectivity index (χ1) is 15.3. The fraction of sp³-hybridized carbons (Fsp3) is 0.348. The summed E-state index contributed by atoms with van der Waals surface area (Å²) in [6.45, 7) is 2.32. The van der Waals surface area contributed by atoms with Crippen molar-refractivity contribution in [2.24, 2.45) is 0 Å². The Bertz CT molecular complexity index is 1360. The summed E-state index contributed by atoms with van der Waals surface area (Å²) in [5.74, 6) is 0. The zero-order valence-electron chi connectivity index (χ0n) is 17.3. The van der Waals surface area contributed by atoms with Gasteiger partial charge in [0.1, 0.15) is 10.5 Å². The van der Waals surface area contributed by atoms with E-state index in [2.05, 4.69) is 11.0 Å². The number of hydrogen-bond acceptors (Lipinski definition) is 5. The van der Waals surface area contributed by atoms with Crippen molar-refractivity contribution in [2.45, 2.75) is 30.7 Å². The zero-order valence-corrected chi connectivity index (χ0v) is 19.6. The van der Waals surface area contributed by atoms with Crippen molar-refractivity contribution in [3.63, 3.8) is 0 Å². The molecule has 0 amide bonds. The van der Waals surface area contributed by atoms with Crippen molar-refractivity contribution >= 4 is 44.2 Å². The highest BCUT2D eigenvalue weighted by Gasteiger charge is 2.30. The number of halogens is 2. The monoisotopic (exact) mass is 492 g/mol. The van der Waals surface area contributed by atoms with E-state index in [4.69, 9.17) is 27.6 Å². The van der Waals surface area contributed by atoms with Crippen molar-refractivity contribution in [1.82, 2.24) is 9.21 Å². The Morgan fingerprint density at radius 1 is 0.938 bits per heavy atom. The molecule has 2 aromatic carbocycles. The van der Waals surface area contributed by atoms with Gasteiger partial charge in [-0.2, -0.15) is 4.31 Å². The molecule has 1 fully saturated rings. The van der Waals surface area contributed by atoms with E-state index >= 15 is 0 Å². The van der Waals surface area contributed by atoms with Gasteiger partial charge in [-0.1, -0.05) is 23.2 Å². The smallest absolute Gasteiger partial charge is 0.336 e.